The lowest BCUT2D eigenvalue weighted by Gasteiger charge is -2.17. The third-order valence-corrected chi connectivity index (χ3v) is 4.60. The monoisotopic (exact) mass is 299 g/mol. The number of hydrogen-bond acceptors (Lipinski definition) is 3. The highest BCUT2D eigenvalue weighted by Gasteiger charge is 2.29. The van der Waals surface area contributed by atoms with Gasteiger partial charge in [-0.15, -0.1) is 0 Å². The van der Waals surface area contributed by atoms with Gasteiger partial charge in [-0.1, -0.05) is 12.1 Å². The molecule has 0 N–H and O–H groups in total. The van der Waals surface area contributed by atoms with Gasteiger partial charge >= 0.3 is 0 Å². The number of aromatic nitrogens is 2. The van der Waals surface area contributed by atoms with Crippen molar-refractivity contribution in [2.24, 2.45) is 5.92 Å². The fourth-order valence-corrected chi connectivity index (χ4v) is 3.03. The van der Waals surface area contributed by atoms with E-state index >= 15 is 0 Å². The van der Waals surface area contributed by atoms with Crippen molar-refractivity contribution in [2.75, 3.05) is 19.7 Å². The highest BCUT2D eigenvalue weighted by molar-refractivity contribution is 5.80. The summed E-state index contributed by atoms with van der Waals surface area (Å²) < 4.78 is 7.83. The molecule has 5 nitrogen and oxygen atoms in total. The fraction of sp³-hybridized carbons (Fsp3) is 0.529. The maximum Gasteiger partial charge on any atom is 0.242 e. The molecule has 1 saturated heterocycles. The van der Waals surface area contributed by atoms with Gasteiger partial charge < -0.3 is 14.2 Å². The van der Waals surface area contributed by atoms with Gasteiger partial charge in [0.15, 0.2) is 0 Å². The maximum atomic E-state index is 12.5. The molecule has 1 aromatic heterocycles. The molecule has 2 aliphatic rings. The first-order chi connectivity index (χ1) is 10.8. The molecule has 5 heteroatoms. The first kappa shape index (κ1) is 13.8. The van der Waals surface area contributed by atoms with Crippen LogP contribution in [0.3, 0.4) is 0 Å². The van der Waals surface area contributed by atoms with Crippen LogP contribution in [0.25, 0.3) is 11.0 Å². The van der Waals surface area contributed by atoms with E-state index in [2.05, 4.69) is 4.98 Å². The van der Waals surface area contributed by atoms with E-state index in [0.29, 0.717) is 6.54 Å². The molecule has 4 rings (SSSR count). The van der Waals surface area contributed by atoms with Crippen molar-refractivity contribution in [2.45, 2.75) is 31.9 Å². The normalized spacial score (nSPS) is 21.6. The average Bonchev–Trinajstić information content (AvgIpc) is 3.10. The summed E-state index contributed by atoms with van der Waals surface area (Å²) in [6, 6.07) is 7.90. The molecular weight excluding hydrogens is 278 g/mol. The predicted molar refractivity (Wildman–Crippen MR) is 83.4 cm³/mol. The zero-order valence-corrected chi connectivity index (χ0v) is 12.6. The van der Waals surface area contributed by atoms with E-state index < -0.39 is 0 Å². The van der Waals surface area contributed by atoms with E-state index in [9.17, 15) is 4.79 Å². The Morgan fingerprint density at radius 2 is 2.14 bits per heavy atom. The lowest BCUT2D eigenvalue weighted by atomic mass is 10.3. The summed E-state index contributed by atoms with van der Waals surface area (Å²) in [6.07, 6.45) is 5.55. The Bertz CT molecular complexity index is 677. The number of nitrogens with zero attached hydrogens (tertiary/aromatic N) is 3. The number of para-hydroxylation sites is 2. The molecule has 0 bridgehead atoms. The first-order valence-corrected chi connectivity index (χ1v) is 8.09. The number of hydrogen-bond donors (Lipinski definition) is 0. The van der Waals surface area contributed by atoms with Crippen LogP contribution in [-0.4, -0.2) is 46.2 Å². The fourth-order valence-electron chi connectivity index (χ4n) is 3.03. The molecule has 0 spiro atoms. The van der Waals surface area contributed by atoms with Crippen LogP contribution in [0.1, 0.15) is 19.3 Å². The van der Waals surface area contributed by atoms with Crippen molar-refractivity contribution >= 4 is 16.9 Å². The van der Waals surface area contributed by atoms with E-state index in [-0.39, 0.29) is 12.0 Å². The summed E-state index contributed by atoms with van der Waals surface area (Å²) in [5, 5.41) is 0. The van der Waals surface area contributed by atoms with Crippen molar-refractivity contribution in [3.8, 4) is 0 Å². The number of amides is 1. The molecule has 1 saturated carbocycles. The molecule has 116 valence electrons. The van der Waals surface area contributed by atoms with Gasteiger partial charge in [-0.2, -0.15) is 0 Å². The summed E-state index contributed by atoms with van der Waals surface area (Å²) in [6.45, 7) is 2.77. The standard InChI is InChI=1S/C17H21N3O2/c21-17(10-20-12-18-15-3-1-2-4-16(15)20)19-8-7-14(9-19)22-11-13-5-6-13/h1-4,12-14H,5-11H2. The van der Waals surface area contributed by atoms with Crippen molar-refractivity contribution < 1.29 is 9.53 Å². The molecule has 0 radical (unpaired) electrons. The Kier molecular flexibility index (Phi) is 3.58. The Morgan fingerprint density at radius 3 is 3.00 bits per heavy atom. The van der Waals surface area contributed by atoms with Gasteiger partial charge in [-0.3, -0.25) is 4.79 Å². The minimum Gasteiger partial charge on any atom is -0.376 e. The third kappa shape index (κ3) is 2.86. The van der Waals surface area contributed by atoms with Crippen LogP contribution in [0.15, 0.2) is 30.6 Å². The van der Waals surface area contributed by atoms with Gasteiger partial charge in [0.2, 0.25) is 5.91 Å². The predicted octanol–water partition coefficient (Wildman–Crippen LogP) is 2.06. The lowest BCUT2D eigenvalue weighted by Crippen LogP contribution is -2.33. The van der Waals surface area contributed by atoms with E-state index in [1.807, 2.05) is 33.7 Å². The molecule has 2 fully saturated rings. The second-order valence-electron chi connectivity index (χ2n) is 6.39. The van der Waals surface area contributed by atoms with Gasteiger partial charge in [0, 0.05) is 19.7 Å². The number of imidazole rings is 1. The van der Waals surface area contributed by atoms with Crippen LogP contribution < -0.4 is 0 Å². The number of likely N-dealkylation sites (tertiary alicyclic amines) is 1. The lowest BCUT2D eigenvalue weighted by molar-refractivity contribution is -0.131. The van der Waals surface area contributed by atoms with Crippen LogP contribution in [-0.2, 0) is 16.1 Å². The molecule has 1 aromatic carbocycles. The largest absolute Gasteiger partial charge is 0.376 e. The number of rotatable bonds is 5. The average molecular weight is 299 g/mol. The van der Waals surface area contributed by atoms with E-state index in [0.717, 1.165) is 43.1 Å². The second kappa shape index (κ2) is 5.72. The zero-order valence-electron chi connectivity index (χ0n) is 12.6. The number of carbonyl (C=O) groups is 1. The zero-order chi connectivity index (χ0) is 14.9. The van der Waals surface area contributed by atoms with Gasteiger partial charge in [0.1, 0.15) is 6.54 Å². The number of benzene rings is 1. The van der Waals surface area contributed by atoms with Crippen LogP contribution in [0.2, 0.25) is 0 Å². The van der Waals surface area contributed by atoms with Crippen molar-refractivity contribution in [1.29, 1.82) is 0 Å². The van der Waals surface area contributed by atoms with Crippen molar-refractivity contribution in [3.63, 3.8) is 0 Å². The molecule has 2 heterocycles. The second-order valence-corrected chi connectivity index (χ2v) is 6.39. The van der Waals surface area contributed by atoms with E-state index in [1.165, 1.54) is 12.8 Å². The van der Waals surface area contributed by atoms with Crippen molar-refractivity contribution in [3.05, 3.63) is 30.6 Å². The van der Waals surface area contributed by atoms with Gasteiger partial charge in [-0.05, 0) is 37.3 Å². The van der Waals surface area contributed by atoms with Crippen LogP contribution >= 0.6 is 0 Å². The third-order valence-electron chi connectivity index (χ3n) is 4.60. The van der Waals surface area contributed by atoms with E-state index in [1.54, 1.807) is 6.33 Å². The molecule has 2 aromatic rings. The minimum atomic E-state index is 0.153. The Balaban J connectivity index is 1.36. The quantitative estimate of drug-likeness (QED) is 0.849. The van der Waals surface area contributed by atoms with Crippen LogP contribution in [0.4, 0.5) is 0 Å². The molecule has 1 aliphatic carbocycles. The summed E-state index contributed by atoms with van der Waals surface area (Å²) in [5.74, 6) is 0.933. The summed E-state index contributed by atoms with van der Waals surface area (Å²) in [4.78, 5) is 18.7. The first-order valence-electron chi connectivity index (χ1n) is 8.09. The smallest absolute Gasteiger partial charge is 0.242 e. The molecule has 1 amide bonds. The number of ether oxygens (including phenoxy) is 1. The minimum absolute atomic E-state index is 0.153. The number of fused-ring (bicyclic) bond motifs is 1. The van der Waals surface area contributed by atoms with Gasteiger partial charge in [0.05, 0.1) is 23.5 Å². The topological polar surface area (TPSA) is 47.4 Å². The molecule has 22 heavy (non-hydrogen) atoms. The van der Waals surface area contributed by atoms with Gasteiger partial charge in [0.25, 0.3) is 0 Å². The summed E-state index contributed by atoms with van der Waals surface area (Å²) in [7, 11) is 0. The maximum absolute atomic E-state index is 12.5. The summed E-state index contributed by atoms with van der Waals surface area (Å²) >= 11 is 0. The Labute approximate surface area is 129 Å². The van der Waals surface area contributed by atoms with Crippen LogP contribution in [0, 0.1) is 5.92 Å². The molecule has 1 atom stereocenters. The number of carbonyl (C=O) groups excluding carboxylic acids is 1. The highest BCUT2D eigenvalue weighted by Crippen LogP contribution is 2.30. The summed E-state index contributed by atoms with van der Waals surface area (Å²) in [5.41, 5.74) is 1.94. The van der Waals surface area contributed by atoms with Crippen molar-refractivity contribution in [1.82, 2.24) is 14.5 Å². The SMILES string of the molecule is O=C(Cn1cnc2ccccc21)N1CCC(OCC2CC2)C1. The highest BCUT2D eigenvalue weighted by atomic mass is 16.5. The van der Waals surface area contributed by atoms with Crippen LogP contribution in [0.5, 0.6) is 0 Å². The Hall–Kier alpha value is -1.88. The molecule has 1 unspecified atom stereocenters. The van der Waals surface area contributed by atoms with Gasteiger partial charge in [-0.25, -0.2) is 4.98 Å². The Morgan fingerprint density at radius 1 is 1.27 bits per heavy atom. The molecular formula is C17H21N3O2. The molecule has 1 aliphatic heterocycles. The van der Waals surface area contributed by atoms with E-state index in [4.69, 9.17) is 4.74 Å².